The number of H-pyrrole nitrogens is 1. The van der Waals surface area contributed by atoms with Crippen molar-refractivity contribution in [3.05, 3.63) is 32.6 Å². The fourth-order valence-corrected chi connectivity index (χ4v) is 6.01. The Labute approximate surface area is 205 Å². The molecule has 1 aromatic rings. The quantitative estimate of drug-likeness (QED) is 0.398. The minimum atomic E-state index is -2.21. The number of hydrogen-bond acceptors (Lipinski definition) is 5. The molecule has 2 rings (SSSR count). The molecule has 0 aliphatic carbocycles. The van der Waals surface area contributed by atoms with Gasteiger partial charge in [-0.1, -0.05) is 41.5 Å². The minimum Gasteiger partial charge on any atom is -0.414 e. The van der Waals surface area contributed by atoms with Crippen molar-refractivity contribution >= 4 is 28.2 Å². The first-order valence-electron chi connectivity index (χ1n) is 11.6. The Morgan fingerprint density at radius 1 is 1.12 bits per heavy atom. The van der Waals surface area contributed by atoms with E-state index in [1.165, 1.54) is 6.20 Å². The van der Waals surface area contributed by atoms with Crippen LogP contribution >= 0.6 is 11.6 Å². The summed E-state index contributed by atoms with van der Waals surface area (Å²) in [5.74, 6) is 0.135. The summed E-state index contributed by atoms with van der Waals surface area (Å²) in [6.07, 6.45) is 0.594. The molecule has 1 N–H and O–H groups in total. The molecule has 0 radical (unpaired) electrons. The Balaban J connectivity index is 2.52. The Hall–Kier alpha value is -0.716. The predicted octanol–water partition coefficient (Wildman–Crippen LogP) is 5.15. The molecule has 0 spiro atoms. The second-order valence-corrected chi connectivity index (χ2v) is 22.2. The molecule has 0 amide bonds. The molecule has 33 heavy (non-hydrogen) atoms. The van der Waals surface area contributed by atoms with Crippen molar-refractivity contribution in [3.63, 3.8) is 0 Å². The van der Waals surface area contributed by atoms with E-state index in [4.69, 9.17) is 25.2 Å². The SMILES string of the molecule is Cc1c[nH]c(=O)n([C@H]2C[C@H](O[Si](C)(C)C(C)(C)C)[C@@](CCl)(CO[Si](C)(C)C(C)(C)C)O2)c1=O. The molecule has 0 saturated carbocycles. The van der Waals surface area contributed by atoms with Crippen LogP contribution in [0.3, 0.4) is 0 Å². The third-order valence-electron chi connectivity index (χ3n) is 7.80. The van der Waals surface area contributed by atoms with Gasteiger partial charge in [-0.05, 0) is 43.2 Å². The van der Waals surface area contributed by atoms with Gasteiger partial charge in [0.25, 0.3) is 5.56 Å². The van der Waals surface area contributed by atoms with E-state index in [9.17, 15) is 9.59 Å². The number of alkyl halides is 1. The summed E-state index contributed by atoms with van der Waals surface area (Å²) in [6.45, 7) is 23.7. The lowest BCUT2D eigenvalue weighted by atomic mass is 10.0. The number of aromatic nitrogens is 2. The summed E-state index contributed by atoms with van der Waals surface area (Å²) >= 11 is 6.58. The van der Waals surface area contributed by atoms with E-state index < -0.39 is 40.3 Å². The van der Waals surface area contributed by atoms with Gasteiger partial charge in [0.2, 0.25) is 0 Å². The van der Waals surface area contributed by atoms with Gasteiger partial charge in [-0.25, -0.2) is 9.36 Å². The van der Waals surface area contributed by atoms with E-state index in [1.54, 1.807) is 6.92 Å². The Kier molecular flexibility index (Phi) is 8.11. The zero-order chi connectivity index (χ0) is 25.6. The number of nitrogens with one attached hydrogen (secondary N) is 1. The normalized spacial score (nSPS) is 25.0. The standard InChI is InChI=1S/C23H43ClN2O5Si2/c1-16-13-25-20(28)26(19(16)27)18-12-17(31-33(10,11)22(5,6)7)23(14-24,30-18)15-29-32(8,9)21(2,3)4/h13,17-18H,12,14-15H2,1-11H3,(H,25,28)/t17-,18+,23+/m0/s1. The highest BCUT2D eigenvalue weighted by Gasteiger charge is 2.55. The predicted molar refractivity (Wildman–Crippen MR) is 139 cm³/mol. The second-order valence-electron chi connectivity index (χ2n) is 12.4. The third kappa shape index (κ3) is 5.75. The van der Waals surface area contributed by atoms with Gasteiger partial charge in [-0.3, -0.25) is 4.79 Å². The molecule has 10 heteroatoms. The Morgan fingerprint density at radius 3 is 2.15 bits per heavy atom. The van der Waals surface area contributed by atoms with Gasteiger partial charge in [-0.2, -0.15) is 0 Å². The summed E-state index contributed by atoms with van der Waals surface area (Å²) in [4.78, 5) is 28.1. The van der Waals surface area contributed by atoms with Crippen LogP contribution in [0.5, 0.6) is 0 Å². The fraction of sp³-hybridized carbons (Fsp3) is 0.826. The highest BCUT2D eigenvalue weighted by Crippen LogP contribution is 2.46. The first kappa shape index (κ1) is 28.5. The van der Waals surface area contributed by atoms with Crippen molar-refractivity contribution in [2.75, 3.05) is 12.5 Å². The van der Waals surface area contributed by atoms with Gasteiger partial charge in [-0.15, -0.1) is 11.6 Å². The number of aryl methyl sites for hydroxylation is 1. The number of aromatic amines is 1. The van der Waals surface area contributed by atoms with E-state index >= 15 is 0 Å². The molecular weight excluding hydrogens is 476 g/mol. The summed E-state index contributed by atoms with van der Waals surface area (Å²) in [7, 11) is -4.32. The van der Waals surface area contributed by atoms with E-state index in [-0.39, 0.29) is 28.1 Å². The molecule has 1 saturated heterocycles. The minimum absolute atomic E-state index is 0.0128. The highest BCUT2D eigenvalue weighted by atomic mass is 35.5. The van der Waals surface area contributed by atoms with Gasteiger partial charge in [0, 0.05) is 18.2 Å². The van der Waals surface area contributed by atoms with Crippen molar-refractivity contribution < 1.29 is 13.6 Å². The molecular formula is C23H43ClN2O5Si2. The first-order chi connectivity index (χ1) is 14.8. The molecule has 2 heterocycles. The molecule has 0 bridgehead atoms. The molecule has 1 aromatic heterocycles. The van der Waals surface area contributed by atoms with Crippen molar-refractivity contribution in [2.24, 2.45) is 0 Å². The average molecular weight is 519 g/mol. The fourth-order valence-electron chi connectivity index (χ4n) is 3.29. The molecule has 0 unspecified atom stereocenters. The summed E-state index contributed by atoms with van der Waals surface area (Å²) in [6, 6.07) is 0. The molecule has 3 atom stereocenters. The monoisotopic (exact) mass is 518 g/mol. The van der Waals surface area contributed by atoms with Crippen LogP contribution in [-0.2, 0) is 13.6 Å². The Bertz CT molecular complexity index is 961. The van der Waals surface area contributed by atoms with Crippen molar-refractivity contribution in [2.45, 2.75) is 109 Å². The topological polar surface area (TPSA) is 82.6 Å². The van der Waals surface area contributed by atoms with Crippen LogP contribution in [0.2, 0.25) is 36.3 Å². The molecule has 1 fully saturated rings. The lowest BCUT2D eigenvalue weighted by Crippen LogP contribution is -2.55. The first-order valence-corrected chi connectivity index (χ1v) is 18.0. The summed E-state index contributed by atoms with van der Waals surface area (Å²) in [5.41, 5.74) is -1.39. The largest absolute Gasteiger partial charge is 0.414 e. The zero-order valence-electron chi connectivity index (χ0n) is 22.2. The third-order valence-corrected chi connectivity index (χ3v) is 17.2. The molecule has 1 aliphatic rings. The van der Waals surface area contributed by atoms with Crippen LogP contribution < -0.4 is 11.2 Å². The maximum absolute atomic E-state index is 12.8. The number of nitrogens with zero attached hydrogens (tertiary/aromatic N) is 1. The molecule has 1 aliphatic heterocycles. The van der Waals surface area contributed by atoms with Crippen molar-refractivity contribution in [1.82, 2.24) is 9.55 Å². The van der Waals surface area contributed by atoms with Crippen molar-refractivity contribution in [3.8, 4) is 0 Å². The zero-order valence-corrected chi connectivity index (χ0v) is 25.0. The lowest BCUT2D eigenvalue weighted by Gasteiger charge is -2.44. The van der Waals surface area contributed by atoms with Gasteiger partial charge < -0.3 is 18.6 Å². The van der Waals surface area contributed by atoms with Crippen LogP contribution in [0, 0.1) is 6.92 Å². The summed E-state index contributed by atoms with van der Waals surface area (Å²) < 4.78 is 21.0. The van der Waals surface area contributed by atoms with E-state index in [2.05, 4.69) is 72.7 Å². The van der Waals surface area contributed by atoms with Gasteiger partial charge in [0.15, 0.2) is 16.6 Å². The molecule has 0 aromatic carbocycles. The number of halogens is 1. The Morgan fingerprint density at radius 2 is 1.67 bits per heavy atom. The van der Waals surface area contributed by atoms with Gasteiger partial charge in [0.05, 0.1) is 18.6 Å². The van der Waals surface area contributed by atoms with Crippen LogP contribution in [0.25, 0.3) is 0 Å². The number of ether oxygens (including phenoxy) is 1. The molecule has 7 nitrogen and oxygen atoms in total. The van der Waals surface area contributed by atoms with Crippen LogP contribution in [-0.4, -0.2) is 50.4 Å². The van der Waals surface area contributed by atoms with Crippen LogP contribution in [0.1, 0.15) is 59.8 Å². The van der Waals surface area contributed by atoms with Crippen LogP contribution in [0.15, 0.2) is 15.8 Å². The molecule has 190 valence electrons. The number of hydrogen-bond donors (Lipinski definition) is 1. The second kappa shape index (κ2) is 9.39. The van der Waals surface area contributed by atoms with Crippen LogP contribution in [0.4, 0.5) is 0 Å². The van der Waals surface area contributed by atoms with E-state index in [0.29, 0.717) is 12.0 Å². The highest BCUT2D eigenvalue weighted by molar-refractivity contribution is 6.74. The average Bonchev–Trinajstić information content (AvgIpc) is 2.99. The van der Waals surface area contributed by atoms with Gasteiger partial charge in [0.1, 0.15) is 11.8 Å². The maximum atomic E-state index is 12.8. The smallest absolute Gasteiger partial charge is 0.330 e. The number of rotatable bonds is 7. The van der Waals surface area contributed by atoms with E-state index in [1.807, 2.05) is 0 Å². The van der Waals surface area contributed by atoms with E-state index in [0.717, 1.165) is 4.57 Å². The van der Waals surface area contributed by atoms with Gasteiger partial charge >= 0.3 is 5.69 Å². The summed E-state index contributed by atoms with van der Waals surface area (Å²) in [5, 5.41) is -0.0139. The lowest BCUT2D eigenvalue weighted by molar-refractivity contribution is -0.109. The van der Waals surface area contributed by atoms with Crippen molar-refractivity contribution in [1.29, 1.82) is 0 Å². The maximum Gasteiger partial charge on any atom is 0.330 e.